The van der Waals surface area contributed by atoms with Crippen LogP contribution in [0.3, 0.4) is 0 Å². The first-order valence-electron chi connectivity index (χ1n) is 8.11. The molecule has 2 aliphatic rings. The number of piperazine rings is 1. The van der Waals surface area contributed by atoms with E-state index in [1.807, 2.05) is 11.1 Å². The Hall–Kier alpha value is -1.60. The van der Waals surface area contributed by atoms with Crippen LogP contribution >= 0.6 is 0 Å². The number of carbonyl (C=O) groups is 1. The lowest BCUT2D eigenvalue weighted by molar-refractivity contribution is 0.0892. The Labute approximate surface area is 131 Å². The number of H-pyrrole nitrogens is 1. The Kier molecular flexibility index (Phi) is 4.94. The maximum absolute atomic E-state index is 12.4. The molecule has 3 heterocycles. The Morgan fingerprint density at radius 1 is 1.55 bits per heavy atom. The Balaban J connectivity index is 1.56. The number of likely N-dealkylation sites (N-methyl/N-ethyl adjacent to an activating group) is 1. The average Bonchev–Trinajstić information content (AvgIpc) is 3.25. The van der Waals surface area contributed by atoms with E-state index in [4.69, 9.17) is 4.74 Å². The van der Waals surface area contributed by atoms with Gasteiger partial charge in [-0.15, -0.1) is 0 Å². The normalized spacial score (nSPS) is 26.3. The third-order valence-electron chi connectivity index (χ3n) is 4.59. The van der Waals surface area contributed by atoms with Crippen LogP contribution in [0.25, 0.3) is 0 Å². The maximum atomic E-state index is 12.4. The molecule has 2 aliphatic heterocycles. The van der Waals surface area contributed by atoms with E-state index in [-0.39, 0.29) is 12.1 Å². The summed E-state index contributed by atoms with van der Waals surface area (Å²) in [4.78, 5) is 24.2. The number of rotatable bonds is 4. The van der Waals surface area contributed by atoms with Gasteiger partial charge in [0, 0.05) is 51.1 Å². The number of nitrogens with one attached hydrogen (secondary N) is 2. The van der Waals surface area contributed by atoms with Gasteiger partial charge in [0.05, 0.1) is 12.6 Å². The maximum Gasteiger partial charge on any atom is 0.317 e. The molecule has 22 heavy (non-hydrogen) atoms. The van der Waals surface area contributed by atoms with Crippen LogP contribution in [0.2, 0.25) is 0 Å². The van der Waals surface area contributed by atoms with E-state index in [2.05, 4.69) is 27.1 Å². The fraction of sp³-hybridized carbons (Fsp3) is 0.733. The highest BCUT2D eigenvalue weighted by atomic mass is 16.5. The van der Waals surface area contributed by atoms with Crippen LogP contribution in [0.1, 0.15) is 25.2 Å². The van der Waals surface area contributed by atoms with Crippen molar-refractivity contribution < 1.29 is 9.53 Å². The minimum atomic E-state index is 0.0270. The lowest BCUT2D eigenvalue weighted by atomic mass is 10.1. The van der Waals surface area contributed by atoms with Gasteiger partial charge in [-0.05, 0) is 13.0 Å². The van der Waals surface area contributed by atoms with Gasteiger partial charge in [-0.2, -0.15) is 0 Å². The van der Waals surface area contributed by atoms with Crippen LogP contribution in [0, 0.1) is 5.92 Å². The Morgan fingerprint density at radius 3 is 3.14 bits per heavy atom. The second-order valence-corrected chi connectivity index (χ2v) is 5.98. The summed E-state index contributed by atoms with van der Waals surface area (Å²) in [5.74, 6) is 1.39. The fourth-order valence-corrected chi connectivity index (χ4v) is 3.19. The van der Waals surface area contributed by atoms with Gasteiger partial charge in [0.2, 0.25) is 0 Å². The molecule has 122 valence electrons. The lowest BCUT2D eigenvalue weighted by Gasteiger charge is -2.40. The Bertz CT molecular complexity index is 472. The van der Waals surface area contributed by atoms with Crippen LogP contribution in [-0.2, 0) is 4.74 Å². The summed E-state index contributed by atoms with van der Waals surface area (Å²) in [6.07, 6.45) is 4.64. The van der Waals surface area contributed by atoms with Gasteiger partial charge in [-0.3, -0.25) is 4.90 Å². The van der Waals surface area contributed by atoms with Gasteiger partial charge in [-0.25, -0.2) is 9.78 Å². The van der Waals surface area contributed by atoms with Gasteiger partial charge in [0.15, 0.2) is 0 Å². The minimum absolute atomic E-state index is 0.0270. The predicted molar refractivity (Wildman–Crippen MR) is 82.5 cm³/mol. The highest BCUT2D eigenvalue weighted by Crippen LogP contribution is 2.22. The van der Waals surface area contributed by atoms with Crippen molar-refractivity contribution in [3.8, 4) is 0 Å². The molecule has 2 atom stereocenters. The molecule has 0 spiro atoms. The van der Waals surface area contributed by atoms with E-state index >= 15 is 0 Å². The molecule has 2 fully saturated rings. The van der Waals surface area contributed by atoms with Gasteiger partial charge in [0.25, 0.3) is 0 Å². The number of amides is 2. The smallest absolute Gasteiger partial charge is 0.317 e. The Morgan fingerprint density at radius 2 is 2.45 bits per heavy atom. The summed E-state index contributed by atoms with van der Waals surface area (Å²) >= 11 is 0. The van der Waals surface area contributed by atoms with Crippen molar-refractivity contribution in [3.05, 3.63) is 18.2 Å². The van der Waals surface area contributed by atoms with Gasteiger partial charge in [0.1, 0.15) is 5.82 Å². The van der Waals surface area contributed by atoms with E-state index in [0.717, 1.165) is 45.1 Å². The van der Waals surface area contributed by atoms with Gasteiger partial charge >= 0.3 is 6.03 Å². The molecule has 3 rings (SSSR count). The minimum Gasteiger partial charge on any atom is -0.381 e. The summed E-state index contributed by atoms with van der Waals surface area (Å²) in [6.45, 7) is 7.70. The van der Waals surface area contributed by atoms with Crippen molar-refractivity contribution in [3.63, 3.8) is 0 Å². The molecular weight excluding hydrogens is 282 g/mol. The van der Waals surface area contributed by atoms with Gasteiger partial charge in [-0.1, -0.05) is 6.92 Å². The number of imidazole rings is 1. The van der Waals surface area contributed by atoms with Crippen LogP contribution < -0.4 is 5.32 Å². The SMILES string of the molecule is CCN1CCN(C(=O)NCC2CCOC2)CC1c1ncc[nH]1. The van der Waals surface area contributed by atoms with Crippen molar-refractivity contribution in [2.75, 3.05) is 45.9 Å². The van der Waals surface area contributed by atoms with E-state index in [9.17, 15) is 4.79 Å². The number of aromatic nitrogens is 2. The molecule has 1 aromatic heterocycles. The number of hydrogen-bond donors (Lipinski definition) is 2. The number of carbonyl (C=O) groups excluding carboxylic acids is 1. The van der Waals surface area contributed by atoms with Gasteiger partial charge < -0.3 is 19.9 Å². The number of nitrogens with zero attached hydrogens (tertiary/aromatic N) is 3. The average molecular weight is 307 g/mol. The number of ether oxygens (including phenoxy) is 1. The monoisotopic (exact) mass is 307 g/mol. The number of aromatic amines is 1. The molecule has 2 saturated heterocycles. The predicted octanol–water partition coefficient (Wildman–Crippen LogP) is 0.834. The second-order valence-electron chi connectivity index (χ2n) is 5.98. The zero-order valence-electron chi connectivity index (χ0n) is 13.1. The standard InChI is InChI=1S/C15H25N5O2/c1-2-19-6-7-20(10-13(19)14-16-4-5-17-14)15(21)18-9-12-3-8-22-11-12/h4-5,12-13H,2-3,6-11H2,1H3,(H,16,17)(H,18,21). The molecule has 0 bridgehead atoms. The van der Waals surface area contributed by atoms with Crippen LogP contribution in [0.15, 0.2) is 12.4 Å². The van der Waals surface area contributed by atoms with Crippen molar-refractivity contribution in [1.29, 1.82) is 0 Å². The van der Waals surface area contributed by atoms with E-state index in [1.165, 1.54) is 0 Å². The first-order chi connectivity index (χ1) is 10.8. The zero-order chi connectivity index (χ0) is 15.4. The molecule has 1 aromatic rings. The molecule has 0 saturated carbocycles. The summed E-state index contributed by atoms with van der Waals surface area (Å²) in [7, 11) is 0. The summed E-state index contributed by atoms with van der Waals surface area (Å²) in [5, 5.41) is 3.05. The molecule has 7 heteroatoms. The quantitative estimate of drug-likeness (QED) is 0.864. The molecule has 2 amide bonds. The first kappa shape index (κ1) is 15.3. The number of urea groups is 1. The zero-order valence-corrected chi connectivity index (χ0v) is 13.1. The third-order valence-corrected chi connectivity index (χ3v) is 4.59. The van der Waals surface area contributed by atoms with Crippen molar-refractivity contribution in [2.24, 2.45) is 5.92 Å². The first-order valence-corrected chi connectivity index (χ1v) is 8.11. The van der Waals surface area contributed by atoms with E-state index in [0.29, 0.717) is 19.0 Å². The highest BCUT2D eigenvalue weighted by Gasteiger charge is 2.31. The summed E-state index contributed by atoms with van der Waals surface area (Å²) in [5.41, 5.74) is 0. The second kappa shape index (κ2) is 7.11. The van der Waals surface area contributed by atoms with Crippen LogP contribution in [0.5, 0.6) is 0 Å². The fourth-order valence-electron chi connectivity index (χ4n) is 3.19. The number of hydrogen-bond acceptors (Lipinski definition) is 4. The molecule has 0 radical (unpaired) electrons. The van der Waals surface area contributed by atoms with E-state index in [1.54, 1.807) is 6.20 Å². The van der Waals surface area contributed by atoms with Crippen molar-refractivity contribution in [2.45, 2.75) is 19.4 Å². The van der Waals surface area contributed by atoms with Crippen molar-refractivity contribution >= 4 is 6.03 Å². The third kappa shape index (κ3) is 3.41. The van der Waals surface area contributed by atoms with E-state index < -0.39 is 0 Å². The van der Waals surface area contributed by atoms with Crippen molar-refractivity contribution in [1.82, 2.24) is 25.1 Å². The topological polar surface area (TPSA) is 73.5 Å². The lowest BCUT2D eigenvalue weighted by Crippen LogP contribution is -2.53. The summed E-state index contributed by atoms with van der Waals surface area (Å²) in [6, 6.07) is 0.175. The highest BCUT2D eigenvalue weighted by molar-refractivity contribution is 5.74. The van der Waals surface area contributed by atoms with Crippen LogP contribution in [0.4, 0.5) is 4.79 Å². The molecule has 0 aromatic carbocycles. The molecule has 0 aliphatic carbocycles. The largest absolute Gasteiger partial charge is 0.381 e. The molecule has 2 unspecified atom stereocenters. The summed E-state index contributed by atoms with van der Waals surface area (Å²) < 4.78 is 5.35. The molecule has 7 nitrogen and oxygen atoms in total. The molecule has 2 N–H and O–H groups in total. The molecular formula is C15H25N5O2. The van der Waals surface area contributed by atoms with Crippen LogP contribution in [-0.4, -0.2) is 71.7 Å².